The third-order valence-electron chi connectivity index (χ3n) is 8.67. The zero-order chi connectivity index (χ0) is 34.4. The van der Waals surface area contributed by atoms with Gasteiger partial charge in [0.05, 0.1) is 22.4 Å². The van der Waals surface area contributed by atoms with Crippen LogP contribution in [0.4, 0.5) is 0 Å². The Labute approximate surface area is 290 Å². The van der Waals surface area contributed by atoms with Gasteiger partial charge in [-0.25, -0.2) is 9.97 Å². The Morgan fingerprint density at radius 1 is 0.420 bits per heavy atom. The van der Waals surface area contributed by atoms with Gasteiger partial charge in [-0.3, -0.25) is 14.5 Å². The summed E-state index contributed by atoms with van der Waals surface area (Å²) in [5, 5.41) is 2.11. The number of fused-ring (bicyclic) bond motifs is 3. The van der Waals surface area contributed by atoms with E-state index < -0.39 is 0 Å². The van der Waals surface area contributed by atoms with Crippen molar-refractivity contribution in [1.82, 2.24) is 24.5 Å². The standard InChI is InChI=1S/C43H35N5O2/c1-26-10-12-44-39(18-26)31-14-28(3)16-35(20-31)49-33-6-8-37-38-9-7-34(23-42(38)48(41(37)22-33)43-46-24-30(5)25-47-43)50-36-17-29(4)15-32(21-36)40-19-27(2)11-13-45-40/h6-25H,1-5H3. The molecule has 7 nitrogen and oxygen atoms in total. The highest BCUT2D eigenvalue weighted by Gasteiger charge is 2.17. The van der Waals surface area contributed by atoms with Crippen LogP contribution < -0.4 is 9.47 Å². The van der Waals surface area contributed by atoms with Crippen molar-refractivity contribution >= 4 is 21.8 Å². The Bertz CT molecular complexity index is 2400. The average molecular weight is 654 g/mol. The molecule has 0 unspecified atom stereocenters. The van der Waals surface area contributed by atoms with E-state index in [0.717, 1.165) is 83.6 Å². The predicted molar refractivity (Wildman–Crippen MR) is 200 cm³/mol. The molecule has 0 spiro atoms. The second-order valence-corrected chi connectivity index (χ2v) is 13.0. The van der Waals surface area contributed by atoms with Gasteiger partial charge in [-0.1, -0.05) is 0 Å². The first-order valence-electron chi connectivity index (χ1n) is 16.6. The molecular formula is C43H35N5O2. The Hall–Kier alpha value is -6.34. The lowest BCUT2D eigenvalue weighted by molar-refractivity contribution is 0.483. The molecule has 0 bridgehead atoms. The molecule has 0 atom stereocenters. The maximum atomic E-state index is 6.52. The fourth-order valence-corrected chi connectivity index (χ4v) is 6.39. The lowest BCUT2D eigenvalue weighted by atomic mass is 10.1. The fourth-order valence-electron chi connectivity index (χ4n) is 6.39. The van der Waals surface area contributed by atoms with Crippen molar-refractivity contribution in [3.05, 3.63) is 150 Å². The molecule has 0 aliphatic rings. The number of benzene rings is 4. The van der Waals surface area contributed by atoms with E-state index >= 15 is 0 Å². The monoisotopic (exact) mass is 653 g/mol. The maximum absolute atomic E-state index is 6.52. The van der Waals surface area contributed by atoms with Crippen LogP contribution >= 0.6 is 0 Å². The SMILES string of the molecule is Cc1cnc(-n2c3cc(Oc4cc(C)cc(-c5cc(C)ccn5)c4)ccc3c3ccc(Oc4cc(C)cc(-c5cc(C)ccn5)c4)cc32)nc1. The van der Waals surface area contributed by atoms with Crippen LogP contribution in [0.25, 0.3) is 50.3 Å². The molecule has 7 heteroatoms. The minimum Gasteiger partial charge on any atom is -0.457 e. The van der Waals surface area contributed by atoms with Gasteiger partial charge in [-0.15, -0.1) is 0 Å². The zero-order valence-electron chi connectivity index (χ0n) is 28.6. The number of hydrogen-bond acceptors (Lipinski definition) is 6. The van der Waals surface area contributed by atoms with Gasteiger partial charge in [-0.2, -0.15) is 0 Å². The Balaban J connectivity index is 1.20. The fraction of sp³-hybridized carbons (Fsp3) is 0.116. The average Bonchev–Trinajstić information content (AvgIpc) is 3.41. The van der Waals surface area contributed by atoms with Crippen molar-refractivity contribution in [3.63, 3.8) is 0 Å². The van der Waals surface area contributed by atoms with Crippen molar-refractivity contribution in [2.75, 3.05) is 0 Å². The van der Waals surface area contributed by atoms with Gasteiger partial charge in [0.25, 0.3) is 0 Å². The van der Waals surface area contributed by atoms with Crippen LogP contribution in [0.2, 0.25) is 0 Å². The Kier molecular flexibility index (Phi) is 7.80. The number of nitrogens with zero attached hydrogens (tertiary/aromatic N) is 5. The molecule has 0 fully saturated rings. The van der Waals surface area contributed by atoms with Gasteiger partial charge in [-0.05, 0) is 147 Å². The van der Waals surface area contributed by atoms with Crippen LogP contribution in [0.5, 0.6) is 23.0 Å². The Morgan fingerprint density at radius 2 is 0.900 bits per heavy atom. The summed E-state index contributed by atoms with van der Waals surface area (Å²) in [6.45, 7) is 10.3. The second-order valence-electron chi connectivity index (χ2n) is 13.0. The van der Waals surface area contributed by atoms with Crippen LogP contribution in [-0.2, 0) is 0 Å². The normalized spacial score (nSPS) is 11.3. The summed E-state index contributed by atoms with van der Waals surface area (Å²) in [5.74, 6) is 3.46. The van der Waals surface area contributed by atoms with Crippen molar-refractivity contribution in [1.29, 1.82) is 0 Å². The van der Waals surface area contributed by atoms with Gasteiger partial charge < -0.3 is 9.47 Å². The highest BCUT2D eigenvalue weighted by molar-refractivity contribution is 6.09. The van der Waals surface area contributed by atoms with Crippen LogP contribution in [0.15, 0.2) is 122 Å². The predicted octanol–water partition coefficient (Wildman–Crippen LogP) is 10.8. The van der Waals surface area contributed by atoms with Crippen molar-refractivity contribution in [2.24, 2.45) is 0 Å². The molecule has 0 N–H and O–H groups in total. The topological polar surface area (TPSA) is 75.0 Å². The van der Waals surface area contributed by atoms with E-state index in [1.54, 1.807) is 0 Å². The first-order valence-corrected chi connectivity index (χ1v) is 16.6. The number of ether oxygens (including phenoxy) is 2. The molecule has 0 aliphatic heterocycles. The van der Waals surface area contributed by atoms with Gasteiger partial charge in [0.15, 0.2) is 0 Å². The smallest absolute Gasteiger partial charge is 0.234 e. The lowest BCUT2D eigenvalue weighted by Gasteiger charge is -2.11. The summed E-state index contributed by atoms with van der Waals surface area (Å²) < 4.78 is 15.1. The molecular weight excluding hydrogens is 619 g/mol. The van der Waals surface area contributed by atoms with Gasteiger partial charge >= 0.3 is 0 Å². The number of aromatic nitrogens is 5. The molecule has 4 aromatic carbocycles. The van der Waals surface area contributed by atoms with Gasteiger partial charge in [0, 0.05) is 58.8 Å². The molecule has 0 saturated heterocycles. The summed E-state index contributed by atoms with van der Waals surface area (Å²) in [6.07, 6.45) is 7.35. The number of pyridine rings is 2. The number of aryl methyl sites for hydroxylation is 5. The number of hydrogen-bond donors (Lipinski definition) is 0. The molecule has 50 heavy (non-hydrogen) atoms. The third kappa shape index (κ3) is 6.17. The van der Waals surface area contributed by atoms with E-state index in [9.17, 15) is 0 Å². The molecule has 8 aromatic rings. The van der Waals surface area contributed by atoms with Crippen molar-refractivity contribution in [2.45, 2.75) is 34.6 Å². The van der Waals surface area contributed by atoms with E-state index in [1.807, 2.05) is 92.4 Å². The van der Waals surface area contributed by atoms with E-state index in [0.29, 0.717) is 17.4 Å². The summed E-state index contributed by atoms with van der Waals surface area (Å²) in [5.41, 5.74) is 11.2. The highest BCUT2D eigenvalue weighted by atomic mass is 16.5. The lowest BCUT2D eigenvalue weighted by Crippen LogP contribution is -2.01. The zero-order valence-corrected chi connectivity index (χ0v) is 28.6. The van der Waals surface area contributed by atoms with Crippen LogP contribution in [0, 0.1) is 34.6 Å². The molecule has 8 rings (SSSR count). The van der Waals surface area contributed by atoms with Gasteiger partial charge in [0.1, 0.15) is 23.0 Å². The van der Waals surface area contributed by atoms with Crippen molar-refractivity contribution < 1.29 is 9.47 Å². The van der Waals surface area contributed by atoms with Crippen LogP contribution in [0.3, 0.4) is 0 Å². The molecule has 0 amide bonds. The van der Waals surface area contributed by atoms with Crippen LogP contribution in [0.1, 0.15) is 27.8 Å². The molecule has 0 radical (unpaired) electrons. The molecule has 244 valence electrons. The minimum absolute atomic E-state index is 0.566. The third-order valence-corrected chi connectivity index (χ3v) is 8.67. The second kappa shape index (κ2) is 12.6. The highest BCUT2D eigenvalue weighted by Crippen LogP contribution is 2.38. The summed E-state index contributed by atoms with van der Waals surface area (Å²) >= 11 is 0. The van der Waals surface area contributed by atoms with Crippen LogP contribution in [-0.4, -0.2) is 24.5 Å². The number of rotatable bonds is 7. The summed E-state index contributed by atoms with van der Waals surface area (Å²) in [7, 11) is 0. The van der Waals surface area contributed by atoms with E-state index in [1.165, 1.54) is 0 Å². The molecule has 0 aliphatic carbocycles. The van der Waals surface area contributed by atoms with E-state index in [-0.39, 0.29) is 0 Å². The van der Waals surface area contributed by atoms with E-state index in [4.69, 9.17) is 19.4 Å². The first kappa shape index (κ1) is 31.0. The maximum Gasteiger partial charge on any atom is 0.234 e. The van der Waals surface area contributed by atoms with E-state index in [2.05, 4.69) is 78.6 Å². The minimum atomic E-state index is 0.566. The quantitative estimate of drug-likeness (QED) is 0.170. The largest absolute Gasteiger partial charge is 0.457 e. The molecule has 4 aromatic heterocycles. The summed E-state index contributed by atoms with van der Waals surface area (Å²) in [4.78, 5) is 18.6. The summed E-state index contributed by atoms with van der Waals surface area (Å²) in [6, 6.07) is 32.9. The van der Waals surface area contributed by atoms with Gasteiger partial charge in [0.2, 0.25) is 5.95 Å². The molecule has 4 heterocycles. The molecule has 0 saturated carbocycles. The van der Waals surface area contributed by atoms with Crippen molar-refractivity contribution in [3.8, 4) is 51.5 Å². The Morgan fingerprint density at radius 3 is 1.36 bits per heavy atom. The first-order chi connectivity index (χ1) is 24.3.